The maximum absolute atomic E-state index is 8.74. The fourth-order valence-corrected chi connectivity index (χ4v) is 1.68. The van der Waals surface area contributed by atoms with Gasteiger partial charge in [-0.15, -0.1) is 0 Å². The van der Waals surface area contributed by atoms with E-state index in [1.165, 1.54) is 0 Å². The summed E-state index contributed by atoms with van der Waals surface area (Å²) in [6, 6.07) is 6.08. The van der Waals surface area contributed by atoms with Crippen LogP contribution in [0.4, 0.5) is 0 Å². The smallest absolute Gasteiger partial charge is 0.127 e. The molecule has 1 atom stereocenters. The molecule has 0 aliphatic carbocycles. The van der Waals surface area contributed by atoms with Crippen LogP contribution in [0.25, 0.3) is 0 Å². The Labute approximate surface area is 109 Å². The van der Waals surface area contributed by atoms with E-state index in [1.54, 1.807) is 7.11 Å². The lowest BCUT2D eigenvalue weighted by Gasteiger charge is -2.17. The highest BCUT2D eigenvalue weighted by Gasteiger charge is 2.11. The van der Waals surface area contributed by atoms with Crippen molar-refractivity contribution >= 4 is 0 Å². The molecule has 1 aromatic carbocycles. The summed E-state index contributed by atoms with van der Waals surface area (Å²) >= 11 is 0. The third kappa shape index (κ3) is 4.20. The van der Waals surface area contributed by atoms with Crippen LogP contribution in [0.15, 0.2) is 18.2 Å². The van der Waals surface area contributed by atoms with Crippen molar-refractivity contribution in [2.24, 2.45) is 0 Å². The molecule has 2 N–H and O–H groups in total. The van der Waals surface area contributed by atoms with Gasteiger partial charge in [0, 0.05) is 24.3 Å². The molecule has 4 heteroatoms. The second-order valence-electron chi connectivity index (χ2n) is 4.19. The number of aliphatic hydroxyl groups excluding tert-OH is 1. The Hall–Kier alpha value is -1.26. The number of rotatable bonds is 8. The Kier molecular flexibility index (Phi) is 6.54. The molecule has 102 valence electrons. The van der Waals surface area contributed by atoms with Gasteiger partial charge in [-0.05, 0) is 32.9 Å². The second-order valence-corrected chi connectivity index (χ2v) is 4.19. The number of hydrogen-bond acceptors (Lipinski definition) is 4. The van der Waals surface area contributed by atoms with Crippen molar-refractivity contribution in [2.75, 3.05) is 27.4 Å². The molecule has 1 rings (SSSR count). The molecule has 0 saturated carbocycles. The van der Waals surface area contributed by atoms with E-state index in [-0.39, 0.29) is 12.6 Å². The largest absolute Gasteiger partial charge is 0.497 e. The van der Waals surface area contributed by atoms with E-state index < -0.39 is 0 Å². The van der Waals surface area contributed by atoms with Gasteiger partial charge in [-0.1, -0.05) is 6.07 Å². The zero-order chi connectivity index (χ0) is 13.4. The SMILES string of the molecule is CNC(C)c1ccc(OC)cc1OCCCCO. The zero-order valence-corrected chi connectivity index (χ0v) is 11.4. The van der Waals surface area contributed by atoms with Crippen molar-refractivity contribution in [1.29, 1.82) is 0 Å². The second kappa shape index (κ2) is 7.95. The van der Waals surface area contributed by atoms with Crippen LogP contribution in [0.3, 0.4) is 0 Å². The monoisotopic (exact) mass is 253 g/mol. The summed E-state index contributed by atoms with van der Waals surface area (Å²) in [4.78, 5) is 0. The van der Waals surface area contributed by atoms with Gasteiger partial charge >= 0.3 is 0 Å². The maximum Gasteiger partial charge on any atom is 0.127 e. The Morgan fingerprint density at radius 3 is 2.72 bits per heavy atom. The topological polar surface area (TPSA) is 50.7 Å². The number of hydrogen-bond donors (Lipinski definition) is 2. The number of ether oxygens (including phenoxy) is 2. The molecule has 0 aliphatic rings. The Balaban J connectivity index is 2.76. The van der Waals surface area contributed by atoms with Crippen LogP contribution in [0, 0.1) is 0 Å². The molecule has 0 fully saturated rings. The minimum atomic E-state index is 0.210. The number of aliphatic hydroxyl groups is 1. The molecule has 0 saturated heterocycles. The van der Waals surface area contributed by atoms with Gasteiger partial charge in [-0.2, -0.15) is 0 Å². The standard InChI is InChI=1S/C14H23NO3/c1-11(15-2)13-7-6-12(17-3)10-14(13)18-9-5-4-8-16/h6-7,10-11,15-16H,4-5,8-9H2,1-3H3. The van der Waals surface area contributed by atoms with Gasteiger partial charge in [0.15, 0.2) is 0 Å². The summed E-state index contributed by atoms with van der Waals surface area (Å²) in [6.07, 6.45) is 1.61. The van der Waals surface area contributed by atoms with Gasteiger partial charge < -0.3 is 19.9 Å². The predicted octanol–water partition coefficient (Wildman–Crippen LogP) is 2.13. The number of unbranched alkanes of at least 4 members (excludes halogenated alkanes) is 1. The quantitative estimate of drug-likeness (QED) is 0.697. The van der Waals surface area contributed by atoms with Gasteiger partial charge in [0.1, 0.15) is 11.5 Å². The van der Waals surface area contributed by atoms with Crippen molar-refractivity contribution in [3.63, 3.8) is 0 Å². The molecule has 0 heterocycles. The number of methoxy groups -OCH3 is 1. The molecule has 0 radical (unpaired) electrons. The zero-order valence-electron chi connectivity index (χ0n) is 11.4. The minimum Gasteiger partial charge on any atom is -0.497 e. The normalized spacial score (nSPS) is 12.2. The van der Waals surface area contributed by atoms with E-state index in [0.29, 0.717) is 6.61 Å². The lowest BCUT2D eigenvalue weighted by Crippen LogP contribution is -2.14. The summed E-state index contributed by atoms with van der Waals surface area (Å²) in [5.74, 6) is 1.63. The van der Waals surface area contributed by atoms with Crippen LogP contribution in [0.2, 0.25) is 0 Å². The minimum absolute atomic E-state index is 0.210. The summed E-state index contributed by atoms with van der Waals surface area (Å²) in [5.41, 5.74) is 1.11. The molecule has 0 spiro atoms. The maximum atomic E-state index is 8.74. The highest BCUT2D eigenvalue weighted by Crippen LogP contribution is 2.29. The fraction of sp³-hybridized carbons (Fsp3) is 0.571. The molecule has 0 amide bonds. The van der Waals surface area contributed by atoms with Crippen molar-refractivity contribution in [2.45, 2.75) is 25.8 Å². The van der Waals surface area contributed by atoms with E-state index in [4.69, 9.17) is 14.6 Å². The summed E-state index contributed by atoms with van der Waals surface area (Å²) in [7, 11) is 3.57. The third-order valence-electron chi connectivity index (χ3n) is 2.93. The van der Waals surface area contributed by atoms with Crippen molar-refractivity contribution in [3.05, 3.63) is 23.8 Å². The average molecular weight is 253 g/mol. The van der Waals surface area contributed by atoms with Gasteiger partial charge in [0.2, 0.25) is 0 Å². The van der Waals surface area contributed by atoms with Crippen LogP contribution >= 0.6 is 0 Å². The fourth-order valence-electron chi connectivity index (χ4n) is 1.68. The molecular formula is C14H23NO3. The molecule has 4 nitrogen and oxygen atoms in total. The first-order chi connectivity index (χ1) is 8.72. The van der Waals surface area contributed by atoms with E-state index in [9.17, 15) is 0 Å². The molecular weight excluding hydrogens is 230 g/mol. The van der Waals surface area contributed by atoms with Crippen molar-refractivity contribution < 1.29 is 14.6 Å². The highest BCUT2D eigenvalue weighted by atomic mass is 16.5. The van der Waals surface area contributed by atoms with Gasteiger partial charge in [0.25, 0.3) is 0 Å². The van der Waals surface area contributed by atoms with Gasteiger partial charge in [-0.25, -0.2) is 0 Å². The summed E-state index contributed by atoms with van der Waals surface area (Å²) in [6.45, 7) is 2.90. The highest BCUT2D eigenvalue weighted by molar-refractivity contribution is 5.42. The first-order valence-corrected chi connectivity index (χ1v) is 6.31. The van der Waals surface area contributed by atoms with Crippen molar-refractivity contribution in [1.82, 2.24) is 5.32 Å². The van der Waals surface area contributed by atoms with Gasteiger partial charge in [0.05, 0.1) is 13.7 Å². The van der Waals surface area contributed by atoms with Crippen LogP contribution in [-0.2, 0) is 0 Å². The molecule has 18 heavy (non-hydrogen) atoms. The van der Waals surface area contributed by atoms with Crippen molar-refractivity contribution in [3.8, 4) is 11.5 Å². The lowest BCUT2D eigenvalue weighted by atomic mass is 10.1. The number of benzene rings is 1. The number of nitrogens with one attached hydrogen (secondary N) is 1. The van der Waals surface area contributed by atoms with Crippen LogP contribution in [0.5, 0.6) is 11.5 Å². The predicted molar refractivity (Wildman–Crippen MR) is 72.3 cm³/mol. The molecule has 1 aromatic rings. The summed E-state index contributed by atoms with van der Waals surface area (Å²) in [5, 5.41) is 11.9. The summed E-state index contributed by atoms with van der Waals surface area (Å²) < 4.78 is 11.0. The molecule has 0 aliphatic heterocycles. The first kappa shape index (κ1) is 14.8. The molecule has 0 aromatic heterocycles. The lowest BCUT2D eigenvalue weighted by molar-refractivity contribution is 0.251. The average Bonchev–Trinajstić information content (AvgIpc) is 2.42. The van der Waals surface area contributed by atoms with Crippen LogP contribution < -0.4 is 14.8 Å². The first-order valence-electron chi connectivity index (χ1n) is 6.31. The van der Waals surface area contributed by atoms with Crippen LogP contribution in [0.1, 0.15) is 31.4 Å². The van der Waals surface area contributed by atoms with E-state index >= 15 is 0 Å². The van der Waals surface area contributed by atoms with E-state index in [2.05, 4.69) is 12.2 Å². The van der Waals surface area contributed by atoms with E-state index in [1.807, 2.05) is 25.2 Å². The Morgan fingerprint density at radius 1 is 1.33 bits per heavy atom. The molecule has 1 unspecified atom stereocenters. The molecule has 0 bridgehead atoms. The Bertz CT molecular complexity index is 355. The Morgan fingerprint density at radius 2 is 2.11 bits per heavy atom. The third-order valence-corrected chi connectivity index (χ3v) is 2.93. The van der Waals surface area contributed by atoms with Gasteiger partial charge in [-0.3, -0.25) is 0 Å². The van der Waals surface area contributed by atoms with Crippen LogP contribution in [-0.4, -0.2) is 32.5 Å². The van der Waals surface area contributed by atoms with E-state index in [0.717, 1.165) is 29.9 Å².